The first-order valence-electron chi connectivity index (χ1n) is 4.91. The van der Waals surface area contributed by atoms with Gasteiger partial charge in [0.2, 0.25) is 0 Å². The first-order valence-corrected chi connectivity index (χ1v) is 6.37. The molecule has 3 nitrogen and oxygen atoms in total. The van der Waals surface area contributed by atoms with Gasteiger partial charge in [-0.1, -0.05) is 11.6 Å². The van der Waals surface area contributed by atoms with E-state index in [4.69, 9.17) is 17.3 Å². The number of aryl methyl sites for hydroxylation is 1. The summed E-state index contributed by atoms with van der Waals surface area (Å²) in [5, 5.41) is 4.75. The molecule has 0 aliphatic rings. The first kappa shape index (κ1) is 12.6. The van der Waals surface area contributed by atoms with Gasteiger partial charge in [-0.25, -0.2) is 9.07 Å². The summed E-state index contributed by atoms with van der Waals surface area (Å²) in [5.74, 6) is 0.236. The Kier molecular flexibility index (Phi) is 3.58. The minimum atomic E-state index is -0.308. The predicted octanol–water partition coefficient (Wildman–Crippen LogP) is 3.22. The number of halogens is 3. The van der Waals surface area contributed by atoms with Gasteiger partial charge < -0.3 is 5.73 Å². The van der Waals surface area contributed by atoms with E-state index in [9.17, 15) is 4.39 Å². The molecule has 0 saturated heterocycles. The van der Waals surface area contributed by atoms with Gasteiger partial charge in [0.05, 0.1) is 15.8 Å². The Hall–Kier alpha value is -0.820. The highest BCUT2D eigenvalue weighted by molar-refractivity contribution is 14.1. The van der Waals surface area contributed by atoms with E-state index in [-0.39, 0.29) is 12.4 Å². The second-order valence-corrected chi connectivity index (χ2v) is 5.19. The maximum atomic E-state index is 13.6. The highest BCUT2D eigenvalue weighted by Gasteiger charge is 2.11. The normalized spacial score (nSPS) is 10.8. The Morgan fingerprint density at radius 1 is 1.53 bits per heavy atom. The number of nitrogens with zero attached hydrogens (tertiary/aromatic N) is 2. The number of nitrogen functional groups attached to an aromatic ring is 1. The zero-order valence-electron chi connectivity index (χ0n) is 9.04. The Morgan fingerprint density at radius 2 is 2.24 bits per heavy atom. The molecule has 1 heterocycles. The summed E-state index contributed by atoms with van der Waals surface area (Å²) >= 11 is 7.95. The molecule has 0 aliphatic heterocycles. The van der Waals surface area contributed by atoms with Crippen LogP contribution < -0.4 is 5.73 Å². The zero-order valence-corrected chi connectivity index (χ0v) is 12.0. The van der Waals surface area contributed by atoms with Crippen molar-refractivity contribution in [3.8, 4) is 0 Å². The van der Waals surface area contributed by atoms with Crippen LogP contribution in [0.3, 0.4) is 0 Å². The van der Waals surface area contributed by atoms with Crippen molar-refractivity contribution in [1.82, 2.24) is 9.78 Å². The molecule has 2 aromatic rings. The Morgan fingerprint density at radius 3 is 2.82 bits per heavy atom. The highest BCUT2D eigenvalue weighted by Crippen LogP contribution is 2.21. The second kappa shape index (κ2) is 4.81. The van der Waals surface area contributed by atoms with Gasteiger partial charge in [-0.2, -0.15) is 5.10 Å². The smallest absolute Gasteiger partial charge is 0.135 e. The molecule has 1 aromatic carbocycles. The summed E-state index contributed by atoms with van der Waals surface area (Å²) in [6.45, 7) is 2.14. The van der Waals surface area contributed by atoms with Crippen LogP contribution in [-0.2, 0) is 6.54 Å². The van der Waals surface area contributed by atoms with Crippen molar-refractivity contribution in [3.63, 3.8) is 0 Å². The molecule has 1 aromatic heterocycles. The summed E-state index contributed by atoms with van der Waals surface area (Å²) < 4.78 is 16.0. The molecule has 0 fully saturated rings. The lowest BCUT2D eigenvalue weighted by molar-refractivity contribution is 0.586. The van der Waals surface area contributed by atoms with Crippen LogP contribution in [0.5, 0.6) is 0 Å². The van der Waals surface area contributed by atoms with E-state index in [1.807, 2.05) is 6.92 Å². The van der Waals surface area contributed by atoms with E-state index in [0.29, 0.717) is 16.4 Å². The van der Waals surface area contributed by atoms with Crippen molar-refractivity contribution in [3.05, 3.63) is 43.9 Å². The lowest BCUT2D eigenvalue weighted by Gasteiger charge is -2.06. The number of anilines is 1. The van der Waals surface area contributed by atoms with Crippen LogP contribution in [0.1, 0.15) is 11.3 Å². The highest BCUT2D eigenvalue weighted by atomic mass is 127. The Balaban J connectivity index is 2.37. The van der Waals surface area contributed by atoms with Gasteiger partial charge in [-0.3, -0.25) is 0 Å². The molecule has 0 radical (unpaired) electrons. The molecular weight excluding hydrogens is 355 g/mol. The van der Waals surface area contributed by atoms with Crippen LogP contribution in [0, 0.1) is 16.3 Å². The third kappa shape index (κ3) is 2.55. The summed E-state index contributed by atoms with van der Waals surface area (Å²) in [7, 11) is 0. The second-order valence-electron chi connectivity index (χ2n) is 3.68. The minimum absolute atomic E-state index is 0.280. The monoisotopic (exact) mass is 365 g/mol. The van der Waals surface area contributed by atoms with Crippen molar-refractivity contribution in [2.75, 3.05) is 5.73 Å². The van der Waals surface area contributed by atoms with Crippen LogP contribution in [0.4, 0.5) is 10.2 Å². The third-order valence-corrected chi connectivity index (χ3v) is 3.99. The Labute approximate surface area is 117 Å². The summed E-state index contributed by atoms with van der Waals surface area (Å²) in [5.41, 5.74) is 7.19. The van der Waals surface area contributed by atoms with Crippen LogP contribution >= 0.6 is 34.2 Å². The van der Waals surface area contributed by atoms with Crippen LogP contribution in [0.25, 0.3) is 0 Å². The Bertz CT molecular complexity index is 568. The maximum Gasteiger partial charge on any atom is 0.135 e. The molecule has 0 bridgehead atoms. The van der Waals surface area contributed by atoms with Gasteiger partial charge in [-0.05, 0) is 47.7 Å². The molecule has 90 valence electrons. The number of rotatable bonds is 2. The third-order valence-electron chi connectivity index (χ3n) is 2.42. The van der Waals surface area contributed by atoms with E-state index in [1.165, 1.54) is 12.1 Å². The quantitative estimate of drug-likeness (QED) is 0.831. The number of nitrogens with two attached hydrogens (primary N) is 1. The van der Waals surface area contributed by atoms with Crippen LogP contribution in [0.15, 0.2) is 18.2 Å². The fourth-order valence-corrected chi connectivity index (χ4v) is 2.10. The van der Waals surface area contributed by atoms with E-state index >= 15 is 0 Å². The molecule has 0 aliphatic carbocycles. The number of hydrogen-bond acceptors (Lipinski definition) is 2. The van der Waals surface area contributed by atoms with Crippen molar-refractivity contribution >= 4 is 40.0 Å². The standard InChI is InChI=1S/C11H10ClFIN3/c1-6-10(14)11(15)17(16-6)5-7-4-8(12)2-3-9(7)13/h2-4H,5,15H2,1H3. The number of hydrogen-bond donors (Lipinski definition) is 1. The molecule has 0 spiro atoms. The topological polar surface area (TPSA) is 43.8 Å². The molecule has 2 N–H and O–H groups in total. The van der Waals surface area contributed by atoms with Gasteiger partial charge in [0.1, 0.15) is 11.6 Å². The molecule has 2 rings (SSSR count). The lowest BCUT2D eigenvalue weighted by atomic mass is 10.2. The molecule has 6 heteroatoms. The fraction of sp³-hybridized carbons (Fsp3) is 0.182. The number of aromatic nitrogens is 2. The van der Waals surface area contributed by atoms with E-state index in [0.717, 1.165) is 9.26 Å². The molecule has 0 amide bonds. The fourth-order valence-electron chi connectivity index (χ4n) is 1.52. The van der Waals surface area contributed by atoms with Gasteiger partial charge in [0.15, 0.2) is 0 Å². The largest absolute Gasteiger partial charge is 0.383 e. The average Bonchev–Trinajstić information content (AvgIpc) is 2.52. The number of benzene rings is 1. The summed E-state index contributed by atoms with van der Waals surface area (Å²) in [6, 6.07) is 4.44. The van der Waals surface area contributed by atoms with E-state index < -0.39 is 0 Å². The molecule has 17 heavy (non-hydrogen) atoms. The average molecular weight is 366 g/mol. The van der Waals surface area contributed by atoms with Crippen LogP contribution in [-0.4, -0.2) is 9.78 Å². The van der Waals surface area contributed by atoms with Crippen molar-refractivity contribution in [1.29, 1.82) is 0 Å². The van der Waals surface area contributed by atoms with E-state index in [2.05, 4.69) is 27.7 Å². The first-order chi connectivity index (χ1) is 7.99. The van der Waals surface area contributed by atoms with Crippen molar-refractivity contribution in [2.24, 2.45) is 0 Å². The van der Waals surface area contributed by atoms with Crippen molar-refractivity contribution < 1.29 is 4.39 Å². The lowest BCUT2D eigenvalue weighted by Crippen LogP contribution is -2.07. The SMILES string of the molecule is Cc1nn(Cc2cc(Cl)ccc2F)c(N)c1I. The zero-order chi connectivity index (χ0) is 12.6. The molecule has 0 saturated carbocycles. The van der Waals surface area contributed by atoms with Crippen molar-refractivity contribution in [2.45, 2.75) is 13.5 Å². The van der Waals surface area contributed by atoms with Gasteiger partial charge in [-0.15, -0.1) is 0 Å². The summed E-state index contributed by atoms with van der Waals surface area (Å²) in [6.07, 6.45) is 0. The van der Waals surface area contributed by atoms with Gasteiger partial charge >= 0.3 is 0 Å². The molecule has 0 atom stereocenters. The molecular formula is C11H10ClFIN3. The van der Waals surface area contributed by atoms with Gasteiger partial charge in [0.25, 0.3) is 0 Å². The summed E-state index contributed by atoms with van der Waals surface area (Å²) in [4.78, 5) is 0. The van der Waals surface area contributed by atoms with Crippen LogP contribution in [0.2, 0.25) is 5.02 Å². The maximum absolute atomic E-state index is 13.6. The van der Waals surface area contributed by atoms with E-state index in [1.54, 1.807) is 10.7 Å². The minimum Gasteiger partial charge on any atom is -0.383 e. The predicted molar refractivity (Wildman–Crippen MR) is 74.6 cm³/mol. The van der Waals surface area contributed by atoms with Gasteiger partial charge in [0, 0.05) is 10.6 Å². The molecule has 0 unspecified atom stereocenters.